The predicted molar refractivity (Wildman–Crippen MR) is 137 cm³/mol. The van der Waals surface area contributed by atoms with E-state index in [4.69, 9.17) is 27.9 Å². The van der Waals surface area contributed by atoms with Crippen LogP contribution in [0, 0.1) is 25.7 Å². The lowest BCUT2D eigenvalue weighted by Crippen LogP contribution is -2.34. The van der Waals surface area contributed by atoms with E-state index < -0.39 is 30.3 Å². The van der Waals surface area contributed by atoms with Crippen LogP contribution in [-0.4, -0.2) is 41.1 Å². The topological polar surface area (TPSA) is 92.8 Å². The molecule has 2 aromatic rings. The third kappa shape index (κ3) is 5.25. The molecule has 0 unspecified atom stereocenters. The van der Waals surface area contributed by atoms with Gasteiger partial charge in [0.15, 0.2) is 6.61 Å². The molecule has 1 saturated heterocycles. The molecule has 184 valence electrons. The summed E-state index contributed by atoms with van der Waals surface area (Å²) in [6.45, 7) is 3.33. The first kappa shape index (κ1) is 25.7. The van der Waals surface area contributed by atoms with E-state index in [0.29, 0.717) is 18.5 Å². The van der Waals surface area contributed by atoms with E-state index in [0.717, 1.165) is 20.5 Å². The van der Waals surface area contributed by atoms with E-state index in [-0.39, 0.29) is 33.8 Å². The van der Waals surface area contributed by atoms with Gasteiger partial charge in [0.2, 0.25) is 11.8 Å². The largest absolute Gasteiger partial charge is 0.452 e. The first-order valence-corrected chi connectivity index (χ1v) is 12.7. The molecule has 2 aliphatic rings. The number of ether oxygens (including phenoxy) is 1. The van der Waals surface area contributed by atoms with Crippen molar-refractivity contribution in [2.24, 2.45) is 11.8 Å². The molecule has 4 atom stereocenters. The van der Waals surface area contributed by atoms with Crippen molar-refractivity contribution < 1.29 is 23.9 Å². The van der Waals surface area contributed by atoms with Crippen molar-refractivity contribution in [3.8, 4) is 0 Å². The van der Waals surface area contributed by atoms with Crippen LogP contribution >= 0.6 is 39.1 Å². The van der Waals surface area contributed by atoms with Gasteiger partial charge in [-0.3, -0.25) is 19.3 Å². The number of nitrogens with one attached hydrogen (secondary N) is 1. The summed E-state index contributed by atoms with van der Waals surface area (Å²) in [5.41, 5.74) is 2.90. The highest BCUT2D eigenvalue weighted by Gasteiger charge is 2.52. The van der Waals surface area contributed by atoms with Crippen LogP contribution in [0.5, 0.6) is 0 Å². The molecule has 2 aromatic carbocycles. The van der Waals surface area contributed by atoms with Gasteiger partial charge in [0.25, 0.3) is 5.91 Å². The maximum atomic E-state index is 13.0. The molecule has 0 spiro atoms. The van der Waals surface area contributed by atoms with Gasteiger partial charge in [-0.2, -0.15) is 0 Å². The fourth-order valence-corrected chi connectivity index (χ4v) is 5.37. The molecule has 3 amide bonds. The highest BCUT2D eigenvalue weighted by atomic mass is 79.9. The van der Waals surface area contributed by atoms with Gasteiger partial charge in [0.1, 0.15) is 0 Å². The van der Waals surface area contributed by atoms with Gasteiger partial charge in [0.05, 0.1) is 33.8 Å². The average Bonchev–Trinajstić information content (AvgIpc) is 3.05. The second-order valence-corrected chi connectivity index (χ2v) is 10.7. The second kappa shape index (κ2) is 10.3. The normalized spacial score (nSPS) is 23.7. The summed E-state index contributed by atoms with van der Waals surface area (Å²) in [7, 11) is 0. The number of carbonyl (C=O) groups is 4. The molecule has 7 nitrogen and oxygen atoms in total. The Morgan fingerprint density at radius 2 is 1.60 bits per heavy atom. The summed E-state index contributed by atoms with van der Waals surface area (Å²) in [5.74, 6) is -2.98. The molecule has 2 fully saturated rings. The first-order chi connectivity index (χ1) is 16.6. The molecule has 4 rings (SSSR count). The van der Waals surface area contributed by atoms with Crippen LogP contribution in [0.1, 0.15) is 34.3 Å². The lowest BCUT2D eigenvalue weighted by molar-refractivity contribution is -0.122. The summed E-state index contributed by atoms with van der Waals surface area (Å²) in [5, 5.41) is 1.94. The fourth-order valence-electron chi connectivity index (χ4n) is 4.55. The van der Waals surface area contributed by atoms with Crippen LogP contribution in [0.15, 0.2) is 40.9 Å². The van der Waals surface area contributed by atoms with Crippen LogP contribution in [0.25, 0.3) is 0 Å². The number of hydrogen-bond donors (Lipinski definition) is 1. The molecule has 1 N–H and O–H groups in total. The van der Waals surface area contributed by atoms with Crippen molar-refractivity contribution in [3.63, 3.8) is 0 Å². The van der Waals surface area contributed by atoms with Crippen LogP contribution in [0.2, 0.25) is 0 Å². The quantitative estimate of drug-likeness (QED) is 0.305. The lowest BCUT2D eigenvalue weighted by Gasteiger charge is -2.28. The minimum atomic E-state index is -0.747. The second-order valence-electron chi connectivity index (χ2n) is 8.83. The highest BCUT2D eigenvalue weighted by Crippen LogP contribution is 2.43. The number of halogens is 3. The van der Waals surface area contributed by atoms with Crippen molar-refractivity contribution >= 4 is 74.2 Å². The SMILES string of the molecule is Cc1cc(NC(=O)COC(=O)c2cccc(N3C(=O)[C@H]4C[C@@H](Cl)[C@@H](Cl)C[C@H]4C3=O)c2)cc(C)c1Br. The van der Waals surface area contributed by atoms with Crippen molar-refractivity contribution in [1.82, 2.24) is 0 Å². The Morgan fingerprint density at radius 3 is 2.17 bits per heavy atom. The van der Waals surface area contributed by atoms with Gasteiger partial charge in [-0.15, -0.1) is 23.2 Å². The van der Waals surface area contributed by atoms with Crippen molar-refractivity contribution in [2.75, 3.05) is 16.8 Å². The summed E-state index contributed by atoms with van der Waals surface area (Å²) in [6, 6.07) is 9.64. The summed E-state index contributed by atoms with van der Waals surface area (Å²) >= 11 is 15.9. The maximum absolute atomic E-state index is 13.0. The number of benzene rings is 2. The number of imide groups is 1. The number of aryl methyl sites for hydroxylation is 2. The van der Waals surface area contributed by atoms with E-state index in [1.807, 2.05) is 13.8 Å². The molecule has 1 aliphatic carbocycles. The minimum absolute atomic E-state index is 0.117. The third-order valence-electron chi connectivity index (χ3n) is 6.31. The number of amides is 3. The van der Waals surface area contributed by atoms with E-state index in [9.17, 15) is 19.2 Å². The number of esters is 1. The zero-order chi connectivity index (χ0) is 25.4. The number of rotatable bonds is 5. The molecular weight excluding hydrogens is 559 g/mol. The van der Waals surface area contributed by atoms with E-state index in [1.54, 1.807) is 24.3 Å². The number of hydrogen-bond acceptors (Lipinski definition) is 5. The number of alkyl halides is 2. The molecule has 1 saturated carbocycles. The average molecular weight is 582 g/mol. The van der Waals surface area contributed by atoms with E-state index in [1.165, 1.54) is 12.1 Å². The number of fused-ring (bicyclic) bond motifs is 1. The smallest absolute Gasteiger partial charge is 0.338 e. The molecule has 0 radical (unpaired) electrons. The standard InChI is InChI=1S/C25H23BrCl2N2O5/c1-12-6-15(7-13(2)22(12)26)29-21(31)11-35-25(34)14-4-3-5-16(8-14)30-23(32)17-9-19(27)20(28)10-18(17)24(30)33/h3-8,17-20H,9-11H2,1-2H3,(H,29,31)/t17-,18+,19+,20-. The highest BCUT2D eigenvalue weighted by molar-refractivity contribution is 9.10. The van der Waals surface area contributed by atoms with Crippen LogP contribution in [-0.2, 0) is 19.1 Å². The number of carbonyl (C=O) groups excluding carboxylic acids is 4. The van der Waals surface area contributed by atoms with Crippen molar-refractivity contribution in [1.29, 1.82) is 0 Å². The minimum Gasteiger partial charge on any atom is -0.452 e. The molecule has 35 heavy (non-hydrogen) atoms. The summed E-state index contributed by atoms with van der Waals surface area (Å²) < 4.78 is 6.12. The van der Waals surface area contributed by atoms with Crippen molar-refractivity contribution in [2.45, 2.75) is 37.4 Å². The van der Waals surface area contributed by atoms with E-state index >= 15 is 0 Å². The van der Waals surface area contributed by atoms with Gasteiger partial charge in [0, 0.05) is 10.2 Å². The lowest BCUT2D eigenvalue weighted by atomic mass is 9.80. The van der Waals surface area contributed by atoms with Gasteiger partial charge >= 0.3 is 5.97 Å². The van der Waals surface area contributed by atoms with Crippen molar-refractivity contribution in [3.05, 3.63) is 57.6 Å². The number of anilines is 2. The molecule has 1 heterocycles. The predicted octanol–water partition coefficient (Wildman–Crippen LogP) is 4.98. The Balaban J connectivity index is 1.42. The molecule has 10 heteroatoms. The van der Waals surface area contributed by atoms with Gasteiger partial charge in [-0.05, 0) is 68.1 Å². The van der Waals surface area contributed by atoms with Crippen LogP contribution < -0.4 is 10.2 Å². The molecule has 1 aliphatic heterocycles. The number of nitrogens with zero attached hydrogens (tertiary/aromatic N) is 1. The first-order valence-electron chi connectivity index (χ1n) is 11.1. The Labute approximate surface area is 221 Å². The zero-order valence-corrected chi connectivity index (χ0v) is 22.1. The molecule has 0 bridgehead atoms. The molecular formula is C25H23BrCl2N2O5. The Bertz CT molecular complexity index is 1170. The van der Waals surface area contributed by atoms with Gasteiger partial charge in [-0.25, -0.2) is 4.79 Å². The Kier molecular flexibility index (Phi) is 7.54. The maximum Gasteiger partial charge on any atom is 0.338 e. The summed E-state index contributed by atoms with van der Waals surface area (Å²) in [6.07, 6.45) is 0.658. The van der Waals surface area contributed by atoms with Gasteiger partial charge < -0.3 is 10.1 Å². The summed E-state index contributed by atoms with van der Waals surface area (Å²) in [4.78, 5) is 51.9. The van der Waals surface area contributed by atoms with Crippen LogP contribution in [0.4, 0.5) is 11.4 Å². The fraction of sp³-hybridized carbons (Fsp3) is 0.360. The van der Waals surface area contributed by atoms with Crippen LogP contribution in [0.3, 0.4) is 0 Å². The Hall–Kier alpha value is -2.42. The monoisotopic (exact) mass is 580 g/mol. The molecule has 0 aromatic heterocycles. The van der Waals surface area contributed by atoms with E-state index in [2.05, 4.69) is 21.2 Å². The third-order valence-corrected chi connectivity index (χ3v) is 8.65. The zero-order valence-electron chi connectivity index (χ0n) is 19.0. The Morgan fingerprint density at radius 1 is 1.03 bits per heavy atom. The van der Waals surface area contributed by atoms with Gasteiger partial charge in [-0.1, -0.05) is 22.0 Å².